The third-order valence-corrected chi connectivity index (χ3v) is 4.35. The van der Waals surface area contributed by atoms with Crippen molar-refractivity contribution in [2.75, 3.05) is 19.6 Å². The Morgan fingerprint density at radius 3 is 2.29 bits per heavy atom. The summed E-state index contributed by atoms with van der Waals surface area (Å²) in [6, 6.07) is 9.95. The molecule has 0 aromatic heterocycles. The van der Waals surface area contributed by atoms with Gasteiger partial charge in [0.05, 0.1) is 0 Å². The van der Waals surface area contributed by atoms with E-state index in [1.807, 2.05) is 51.1 Å². The van der Waals surface area contributed by atoms with Crippen LogP contribution < -0.4 is 5.32 Å². The molecule has 1 aromatic carbocycles. The lowest BCUT2D eigenvalue weighted by atomic mass is 9.72. The first-order valence-corrected chi connectivity index (χ1v) is 8.22. The van der Waals surface area contributed by atoms with E-state index in [0.717, 1.165) is 5.56 Å². The summed E-state index contributed by atoms with van der Waals surface area (Å²) in [4.78, 5) is 24.6. The van der Waals surface area contributed by atoms with Crippen LogP contribution in [0.3, 0.4) is 0 Å². The number of hydrogen-bond donors (Lipinski definition) is 2. The Morgan fingerprint density at radius 2 is 1.79 bits per heavy atom. The molecular formula is C18H26N2O4. The molecule has 24 heavy (non-hydrogen) atoms. The van der Waals surface area contributed by atoms with E-state index < -0.39 is 17.8 Å². The number of carboxylic acid groups (broad SMARTS) is 1. The highest BCUT2D eigenvalue weighted by molar-refractivity contribution is 5.68. The van der Waals surface area contributed by atoms with Gasteiger partial charge in [0.15, 0.2) is 0 Å². The number of amides is 2. The van der Waals surface area contributed by atoms with Gasteiger partial charge in [0.2, 0.25) is 0 Å². The number of nitrogens with zero attached hydrogens (tertiary/aromatic N) is 1. The summed E-state index contributed by atoms with van der Waals surface area (Å²) < 4.78 is 5.31. The van der Waals surface area contributed by atoms with Crippen LogP contribution in [0.2, 0.25) is 0 Å². The highest BCUT2D eigenvalue weighted by atomic mass is 16.6. The van der Waals surface area contributed by atoms with Gasteiger partial charge < -0.3 is 20.1 Å². The summed E-state index contributed by atoms with van der Waals surface area (Å²) in [5.74, 6) is 0. The summed E-state index contributed by atoms with van der Waals surface area (Å²) in [5, 5.41) is 12.0. The number of ether oxygens (including phenoxy) is 1. The lowest BCUT2D eigenvalue weighted by Gasteiger charge is -2.41. The third-order valence-electron chi connectivity index (χ3n) is 4.35. The van der Waals surface area contributed by atoms with Gasteiger partial charge in [-0.2, -0.15) is 0 Å². The minimum Gasteiger partial charge on any atom is -0.465 e. The van der Waals surface area contributed by atoms with Crippen LogP contribution in [0.15, 0.2) is 30.3 Å². The topological polar surface area (TPSA) is 78.9 Å². The minimum atomic E-state index is -0.892. The van der Waals surface area contributed by atoms with Crippen LogP contribution in [0, 0.1) is 0 Å². The van der Waals surface area contributed by atoms with E-state index in [9.17, 15) is 9.59 Å². The largest absolute Gasteiger partial charge is 0.465 e. The van der Waals surface area contributed by atoms with Crippen molar-refractivity contribution in [1.29, 1.82) is 0 Å². The number of hydrogen-bond acceptors (Lipinski definition) is 3. The van der Waals surface area contributed by atoms with Crippen LogP contribution in [-0.2, 0) is 10.2 Å². The van der Waals surface area contributed by atoms with Crippen molar-refractivity contribution in [2.24, 2.45) is 0 Å². The molecular weight excluding hydrogens is 308 g/mol. The summed E-state index contributed by atoms with van der Waals surface area (Å²) in [5.41, 5.74) is 0.298. The fourth-order valence-electron chi connectivity index (χ4n) is 3.04. The molecule has 0 atom stereocenters. The van der Waals surface area contributed by atoms with Crippen molar-refractivity contribution in [2.45, 2.75) is 44.6 Å². The zero-order valence-electron chi connectivity index (χ0n) is 14.5. The Hall–Kier alpha value is -2.24. The molecule has 2 rings (SSSR count). The van der Waals surface area contributed by atoms with Crippen molar-refractivity contribution < 1.29 is 19.4 Å². The maximum atomic E-state index is 12.0. The summed E-state index contributed by atoms with van der Waals surface area (Å²) in [6.45, 7) is 6.82. The lowest BCUT2D eigenvalue weighted by molar-refractivity contribution is 0.0496. The highest BCUT2D eigenvalue weighted by Crippen LogP contribution is 2.35. The SMILES string of the molecule is CC(C)(C)OC(=O)NCC1(c2ccccc2)CCN(C(=O)O)CC1. The van der Waals surface area contributed by atoms with E-state index in [4.69, 9.17) is 9.84 Å². The van der Waals surface area contributed by atoms with Crippen molar-refractivity contribution in [3.63, 3.8) is 0 Å². The fraction of sp³-hybridized carbons (Fsp3) is 0.556. The van der Waals surface area contributed by atoms with E-state index in [1.54, 1.807) is 0 Å². The molecule has 1 heterocycles. The van der Waals surface area contributed by atoms with Gasteiger partial charge in [-0.05, 0) is 39.2 Å². The van der Waals surface area contributed by atoms with Gasteiger partial charge in [-0.15, -0.1) is 0 Å². The highest BCUT2D eigenvalue weighted by Gasteiger charge is 2.38. The zero-order chi connectivity index (χ0) is 17.8. The number of carbonyl (C=O) groups is 2. The predicted molar refractivity (Wildman–Crippen MR) is 91.2 cm³/mol. The van der Waals surface area contributed by atoms with Crippen LogP contribution >= 0.6 is 0 Å². The monoisotopic (exact) mass is 334 g/mol. The van der Waals surface area contributed by atoms with E-state index in [1.165, 1.54) is 4.90 Å². The van der Waals surface area contributed by atoms with Crippen LogP contribution in [0.25, 0.3) is 0 Å². The molecule has 1 aromatic rings. The molecule has 132 valence electrons. The van der Waals surface area contributed by atoms with Gasteiger partial charge >= 0.3 is 12.2 Å². The molecule has 6 nitrogen and oxygen atoms in total. The summed E-state index contributed by atoms with van der Waals surface area (Å²) in [7, 11) is 0. The number of carbonyl (C=O) groups excluding carboxylic acids is 1. The van der Waals surface area contributed by atoms with Gasteiger partial charge in [0.1, 0.15) is 5.60 Å². The first-order valence-electron chi connectivity index (χ1n) is 8.22. The number of nitrogens with one attached hydrogen (secondary N) is 1. The Balaban J connectivity index is 2.11. The van der Waals surface area contributed by atoms with E-state index >= 15 is 0 Å². The quantitative estimate of drug-likeness (QED) is 0.889. The second kappa shape index (κ2) is 7.11. The van der Waals surface area contributed by atoms with E-state index in [2.05, 4.69) is 5.32 Å². The average molecular weight is 334 g/mol. The third kappa shape index (κ3) is 4.63. The smallest absolute Gasteiger partial charge is 0.407 e. The molecule has 0 aliphatic carbocycles. The molecule has 0 saturated carbocycles. The van der Waals surface area contributed by atoms with E-state index in [0.29, 0.717) is 32.5 Å². The zero-order valence-corrected chi connectivity index (χ0v) is 14.5. The van der Waals surface area contributed by atoms with Crippen LogP contribution in [-0.4, -0.2) is 47.4 Å². The van der Waals surface area contributed by atoms with Crippen molar-refractivity contribution in [3.05, 3.63) is 35.9 Å². The summed E-state index contributed by atoms with van der Waals surface area (Å²) >= 11 is 0. The van der Waals surface area contributed by atoms with Crippen LogP contribution in [0.4, 0.5) is 9.59 Å². The second-order valence-corrected chi connectivity index (χ2v) is 7.27. The van der Waals surface area contributed by atoms with Gasteiger partial charge in [-0.3, -0.25) is 0 Å². The van der Waals surface area contributed by atoms with Crippen molar-refractivity contribution >= 4 is 12.2 Å². The molecule has 0 radical (unpaired) electrons. The van der Waals surface area contributed by atoms with Crippen molar-refractivity contribution in [3.8, 4) is 0 Å². The fourth-order valence-corrected chi connectivity index (χ4v) is 3.04. The van der Waals surface area contributed by atoms with E-state index in [-0.39, 0.29) is 5.41 Å². The molecule has 2 amide bonds. The average Bonchev–Trinajstić information content (AvgIpc) is 2.52. The number of benzene rings is 1. The maximum Gasteiger partial charge on any atom is 0.407 e. The minimum absolute atomic E-state index is 0.274. The second-order valence-electron chi connectivity index (χ2n) is 7.27. The molecule has 1 fully saturated rings. The number of likely N-dealkylation sites (tertiary alicyclic amines) is 1. The molecule has 0 unspecified atom stereocenters. The Bertz CT molecular complexity index is 572. The molecule has 0 bridgehead atoms. The Morgan fingerprint density at radius 1 is 1.21 bits per heavy atom. The number of rotatable bonds is 3. The number of alkyl carbamates (subject to hydrolysis) is 1. The normalized spacial score (nSPS) is 17.2. The number of piperidine rings is 1. The van der Waals surface area contributed by atoms with Gasteiger partial charge in [0, 0.05) is 25.0 Å². The predicted octanol–water partition coefficient (Wildman–Crippen LogP) is 3.22. The van der Waals surface area contributed by atoms with Gasteiger partial charge in [-0.25, -0.2) is 9.59 Å². The first-order chi connectivity index (χ1) is 11.2. The Labute approximate surface area is 142 Å². The molecule has 6 heteroatoms. The van der Waals surface area contributed by atoms with Crippen LogP contribution in [0.5, 0.6) is 0 Å². The lowest BCUT2D eigenvalue weighted by Crippen LogP contribution is -2.50. The van der Waals surface area contributed by atoms with Gasteiger partial charge in [-0.1, -0.05) is 30.3 Å². The first kappa shape index (κ1) is 18.1. The maximum absolute atomic E-state index is 12.0. The molecule has 0 spiro atoms. The molecule has 1 aliphatic rings. The standard InChI is InChI=1S/C18H26N2O4/c1-17(2,3)24-15(21)19-13-18(14-7-5-4-6-8-14)9-11-20(12-10-18)16(22)23/h4-8H,9-13H2,1-3H3,(H,19,21)(H,22,23). The molecule has 1 saturated heterocycles. The molecule has 2 N–H and O–H groups in total. The molecule has 1 aliphatic heterocycles. The van der Waals surface area contributed by atoms with Crippen LogP contribution in [0.1, 0.15) is 39.2 Å². The van der Waals surface area contributed by atoms with Crippen molar-refractivity contribution in [1.82, 2.24) is 10.2 Å². The Kier molecular flexibility index (Phi) is 5.36. The van der Waals surface area contributed by atoms with Gasteiger partial charge in [0.25, 0.3) is 0 Å². The summed E-state index contributed by atoms with van der Waals surface area (Å²) in [6.07, 6.45) is -0.00618.